The van der Waals surface area contributed by atoms with E-state index in [1.165, 1.54) is 5.39 Å². The zero-order valence-electron chi connectivity index (χ0n) is 14.6. The Morgan fingerprint density at radius 1 is 0.923 bits per heavy atom. The van der Waals surface area contributed by atoms with Gasteiger partial charge in [0.05, 0.1) is 24.1 Å². The van der Waals surface area contributed by atoms with E-state index in [9.17, 15) is 0 Å². The lowest BCUT2D eigenvalue weighted by Gasteiger charge is -2.27. The van der Waals surface area contributed by atoms with Crippen LogP contribution >= 0.6 is 0 Å². The molecule has 5 nitrogen and oxygen atoms in total. The molecule has 5 rings (SSSR count). The molecule has 1 aliphatic rings. The highest BCUT2D eigenvalue weighted by molar-refractivity contribution is 5.96. The molecule has 0 spiro atoms. The van der Waals surface area contributed by atoms with Crippen LogP contribution in [0.15, 0.2) is 60.9 Å². The minimum Gasteiger partial charge on any atom is -0.314 e. The largest absolute Gasteiger partial charge is 0.314 e. The van der Waals surface area contributed by atoms with E-state index in [2.05, 4.69) is 62.5 Å². The Balaban J connectivity index is 1.55. The average molecular weight is 343 g/mol. The van der Waals surface area contributed by atoms with E-state index in [-0.39, 0.29) is 0 Å². The van der Waals surface area contributed by atoms with E-state index < -0.39 is 0 Å². The second kappa shape index (κ2) is 6.52. The lowest BCUT2D eigenvalue weighted by atomic mass is 10.0. The number of aromatic nitrogens is 3. The maximum absolute atomic E-state index is 4.70. The van der Waals surface area contributed by atoms with E-state index in [1.54, 1.807) is 0 Å². The van der Waals surface area contributed by atoms with Crippen molar-refractivity contribution in [2.24, 2.45) is 0 Å². The summed E-state index contributed by atoms with van der Waals surface area (Å²) in [6.45, 7) is 5.05. The molecule has 1 aliphatic heterocycles. The molecule has 0 bridgehead atoms. The zero-order chi connectivity index (χ0) is 17.3. The molecule has 2 aromatic carbocycles. The highest BCUT2D eigenvalue weighted by atomic mass is 15.4. The maximum atomic E-state index is 4.70. The molecule has 26 heavy (non-hydrogen) atoms. The number of hydrogen-bond donors (Lipinski definition) is 1. The molecular weight excluding hydrogens is 322 g/mol. The number of hydrogen-bond acceptors (Lipinski definition) is 4. The van der Waals surface area contributed by atoms with E-state index in [1.807, 2.05) is 18.5 Å². The van der Waals surface area contributed by atoms with Crippen LogP contribution in [0.5, 0.6) is 0 Å². The van der Waals surface area contributed by atoms with Gasteiger partial charge in [0, 0.05) is 48.7 Å². The van der Waals surface area contributed by atoms with Gasteiger partial charge >= 0.3 is 0 Å². The average Bonchev–Trinajstić information content (AvgIpc) is 3.11. The first-order valence-corrected chi connectivity index (χ1v) is 9.11. The van der Waals surface area contributed by atoms with Gasteiger partial charge < -0.3 is 5.32 Å². The Bertz CT molecular complexity index is 1060. The van der Waals surface area contributed by atoms with Crippen molar-refractivity contribution in [1.82, 2.24) is 25.0 Å². The van der Waals surface area contributed by atoms with Gasteiger partial charge in [-0.2, -0.15) is 5.10 Å². The first-order valence-electron chi connectivity index (χ1n) is 9.11. The van der Waals surface area contributed by atoms with Crippen LogP contribution in [0.25, 0.3) is 32.9 Å². The van der Waals surface area contributed by atoms with E-state index >= 15 is 0 Å². The van der Waals surface area contributed by atoms with Crippen LogP contribution in [0.3, 0.4) is 0 Å². The fourth-order valence-corrected chi connectivity index (χ4v) is 3.71. The smallest absolute Gasteiger partial charge is 0.0936 e. The third-order valence-corrected chi connectivity index (χ3v) is 5.14. The van der Waals surface area contributed by atoms with Crippen LogP contribution < -0.4 is 5.32 Å². The highest BCUT2D eigenvalue weighted by Gasteiger charge is 2.14. The van der Waals surface area contributed by atoms with Crippen molar-refractivity contribution in [1.29, 1.82) is 0 Å². The van der Waals surface area contributed by atoms with Crippen LogP contribution in [-0.4, -0.2) is 45.8 Å². The number of nitrogens with zero attached hydrogens (tertiary/aromatic N) is 4. The van der Waals surface area contributed by atoms with Crippen LogP contribution in [-0.2, 0) is 6.67 Å². The van der Waals surface area contributed by atoms with E-state index in [4.69, 9.17) is 4.98 Å². The molecule has 0 aliphatic carbocycles. The van der Waals surface area contributed by atoms with Gasteiger partial charge in [-0.3, -0.25) is 14.6 Å². The molecule has 1 N–H and O–H groups in total. The van der Waals surface area contributed by atoms with Gasteiger partial charge in [0.25, 0.3) is 0 Å². The molecule has 1 saturated heterocycles. The van der Waals surface area contributed by atoms with Crippen molar-refractivity contribution in [3.8, 4) is 11.3 Å². The quantitative estimate of drug-likeness (QED) is 0.621. The molecule has 3 heterocycles. The van der Waals surface area contributed by atoms with Gasteiger partial charge in [-0.25, -0.2) is 0 Å². The predicted octanol–water partition coefficient (Wildman–Crippen LogP) is 3.11. The molecule has 2 aromatic heterocycles. The Hall–Kier alpha value is -2.76. The summed E-state index contributed by atoms with van der Waals surface area (Å²) >= 11 is 0. The molecule has 0 amide bonds. The maximum Gasteiger partial charge on any atom is 0.0936 e. The molecule has 5 heteroatoms. The van der Waals surface area contributed by atoms with Crippen LogP contribution in [0.4, 0.5) is 0 Å². The Morgan fingerprint density at radius 3 is 2.65 bits per heavy atom. The Kier molecular flexibility index (Phi) is 3.88. The lowest BCUT2D eigenvalue weighted by molar-refractivity contribution is 0.187. The molecule has 0 atom stereocenters. The van der Waals surface area contributed by atoms with Crippen LogP contribution in [0.1, 0.15) is 0 Å². The Morgan fingerprint density at radius 2 is 1.77 bits per heavy atom. The van der Waals surface area contributed by atoms with Gasteiger partial charge in [-0.15, -0.1) is 0 Å². The van der Waals surface area contributed by atoms with Gasteiger partial charge in [0.15, 0.2) is 0 Å². The molecule has 0 saturated carbocycles. The number of nitrogens with one attached hydrogen (secondary N) is 1. The van der Waals surface area contributed by atoms with Crippen molar-refractivity contribution >= 4 is 21.7 Å². The molecule has 0 radical (unpaired) electrons. The van der Waals surface area contributed by atoms with Gasteiger partial charge in [0.1, 0.15) is 0 Å². The number of fused-ring (bicyclic) bond motifs is 2. The van der Waals surface area contributed by atoms with E-state index in [0.29, 0.717) is 0 Å². The van der Waals surface area contributed by atoms with Crippen molar-refractivity contribution in [2.45, 2.75) is 6.67 Å². The van der Waals surface area contributed by atoms with Gasteiger partial charge in [0.2, 0.25) is 0 Å². The summed E-state index contributed by atoms with van der Waals surface area (Å²) in [6, 6.07) is 16.9. The van der Waals surface area contributed by atoms with Gasteiger partial charge in [-0.1, -0.05) is 36.4 Å². The van der Waals surface area contributed by atoms with Gasteiger partial charge in [-0.05, 0) is 17.5 Å². The van der Waals surface area contributed by atoms with Crippen molar-refractivity contribution in [3.63, 3.8) is 0 Å². The van der Waals surface area contributed by atoms with Crippen LogP contribution in [0.2, 0.25) is 0 Å². The highest BCUT2D eigenvalue weighted by Crippen LogP contribution is 2.29. The second-order valence-electron chi connectivity index (χ2n) is 6.81. The SMILES string of the molecule is c1ccc2cc(-c3cccc4c3cnn4CN3CCNCC3)ncc2c1. The van der Waals surface area contributed by atoms with Crippen molar-refractivity contribution < 1.29 is 0 Å². The van der Waals surface area contributed by atoms with Crippen molar-refractivity contribution in [3.05, 3.63) is 60.9 Å². The molecule has 1 fully saturated rings. The topological polar surface area (TPSA) is 46.0 Å². The minimum absolute atomic E-state index is 0.833. The molecule has 0 unspecified atom stereocenters. The first kappa shape index (κ1) is 15.5. The predicted molar refractivity (Wildman–Crippen MR) is 105 cm³/mol. The summed E-state index contributed by atoms with van der Waals surface area (Å²) < 4.78 is 2.10. The molecule has 130 valence electrons. The minimum atomic E-state index is 0.833. The standard InChI is InChI=1S/C21H21N5/c1-2-5-17-13-23-20(12-16(17)4-1)18-6-3-7-21-19(18)14-24-26(21)15-25-10-8-22-9-11-25/h1-7,12-14,22H,8-11,15H2. The molecular formula is C21H21N5. The summed E-state index contributed by atoms with van der Waals surface area (Å²) in [6.07, 6.45) is 3.93. The summed E-state index contributed by atoms with van der Waals surface area (Å²) in [7, 11) is 0. The summed E-state index contributed by atoms with van der Waals surface area (Å²) in [4.78, 5) is 7.13. The number of rotatable bonds is 3. The molecule has 4 aromatic rings. The normalized spacial score (nSPS) is 15.7. The third-order valence-electron chi connectivity index (χ3n) is 5.14. The summed E-state index contributed by atoms with van der Waals surface area (Å²) in [5.41, 5.74) is 3.30. The number of pyridine rings is 1. The zero-order valence-corrected chi connectivity index (χ0v) is 14.6. The first-order chi connectivity index (χ1) is 12.9. The third kappa shape index (κ3) is 2.75. The second-order valence-corrected chi connectivity index (χ2v) is 6.81. The lowest BCUT2D eigenvalue weighted by Crippen LogP contribution is -2.44. The van der Waals surface area contributed by atoms with Crippen LogP contribution in [0, 0.1) is 0 Å². The number of piperazine rings is 1. The summed E-state index contributed by atoms with van der Waals surface area (Å²) in [5, 5.41) is 11.6. The fraction of sp³-hybridized carbons (Fsp3) is 0.238. The fourth-order valence-electron chi connectivity index (χ4n) is 3.71. The monoisotopic (exact) mass is 343 g/mol. The Labute approximate surface area is 152 Å². The van der Waals surface area contributed by atoms with E-state index in [0.717, 1.165) is 60.4 Å². The number of benzene rings is 2. The summed E-state index contributed by atoms with van der Waals surface area (Å²) in [5.74, 6) is 0. The van der Waals surface area contributed by atoms with Crippen molar-refractivity contribution in [2.75, 3.05) is 26.2 Å².